The van der Waals surface area contributed by atoms with Gasteiger partial charge in [0.1, 0.15) is 36.9 Å². The zero-order chi connectivity index (χ0) is 24.5. The van der Waals surface area contributed by atoms with E-state index in [1.165, 1.54) is 6.33 Å². The maximum Gasteiger partial charge on any atom is 0.220 e. The van der Waals surface area contributed by atoms with E-state index < -0.39 is 0 Å². The number of nitrogens with one attached hydrogen (secondary N) is 2. The fraction of sp³-hybridized carbons (Fsp3) is 0.231. The Morgan fingerprint density at radius 2 is 1.91 bits per heavy atom. The molecule has 0 saturated heterocycles. The van der Waals surface area contributed by atoms with Crippen LogP contribution in [0.25, 0.3) is 10.9 Å². The predicted molar refractivity (Wildman–Crippen MR) is 136 cm³/mol. The molecule has 0 bridgehead atoms. The van der Waals surface area contributed by atoms with E-state index in [9.17, 15) is 4.79 Å². The number of carbonyl (C=O) groups excluding carboxylic acids is 1. The van der Waals surface area contributed by atoms with E-state index in [1.807, 2.05) is 49.4 Å². The molecular weight excluding hydrogens is 466 g/mol. The van der Waals surface area contributed by atoms with Crippen LogP contribution in [0.2, 0.25) is 5.02 Å². The van der Waals surface area contributed by atoms with Crippen LogP contribution >= 0.6 is 11.6 Å². The first-order valence-corrected chi connectivity index (χ1v) is 11.7. The number of hydrogen-bond acceptors (Lipinski definition) is 7. The van der Waals surface area contributed by atoms with Crippen molar-refractivity contribution in [3.8, 4) is 11.5 Å². The van der Waals surface area contributed by atoms with Gasteiger partial charge < -0.3 is 20.1 Å². The molecule has 180 valence electrons. The first-order valence-electron chi connectivity index (χ1n) is 11.4. The van der Waals surface area contributed by atoms with Crippen LogP contribution in [0.1, 0.15) is 25.5 Å². The number of pyridine rings is 1. The molecule has 0 unspecified atom stereocenters. The molecule has 0 spiro atoms. The van der Waals surface area contributed by atoms with Gasteiger partial charge in [0.15, 0.2) is 0 Å². The Morgan fingerprint density at radius 3 is 2.71 bits per heavy atom. The van der Waals surface area contributed by atoms with Crippen LogP contribution in [0.5, 0.6) is 11.5 Å². The highest BCUT2D eigenvalue weighted by Gasteiger charge is 2.12. The zero-order valence-corrected chi connectivity index (χ0v) is 20.1. The molecule has 0 aliphatic rings. The summed E-state index contributed by atoms with van der Waals surface area (Å²) in [5.41, 5.74) is 2.29. The molecule has 0 aliphatic carbocycles. The maximum atomic E-state index is 11.7. The fourth-order valence-corrected chi connectivity index (χ4v) is 3.66. The molecule has 2 aromatic carbocycles. The number of carbonyl (C=O) groups is 1. The summed E-state index contributed by atoms with van der Waals surface area (Å²) >= 11 is 6.47. The van der Waals surface area contributed by atoms with Crippen molar-refractivity contribution in [2.45, 2.75) is 26.4 Å². The van der Waals surface area contributed by atoms with Crippen LogP contribution in [0.4, 0.5) is 11.5 Å². The van der Waals surface area contributed by atoms with Gasteiger partial charge in [-0.15, -0.1) is 0 Å². The Balaban J connectivity index is 1.46. The van der Waals surface area contributed by atoms with Crippen molar-refractivity contribution in [2.75, 3.05) is 18.5 Å². The van der Waals surface area contributed by atoms with Crippen molar-refractivity contribution in [3.05, 3.63) is 77.8 Å². The van der Waals surface area contributed by atoms with E-state index in [0.717, 1.165) is 28.7 Å². The van der Waals surface area contributed by atoms with Crippen molar-refractivity contribution >= 4 is 39.9 Å². The minimum absolute atomic E-state index is 0.0176. The highest BCUT2D eigenvalue weighted by molar-refractivity contribution is 6.32. The number of amides is 1. The van der Waals surface area contributed by atoms with Crippen molar-refractivity contribution in [2.24, 2.45) is 0 Å². The van der Waals surface area contributed by atoms with E-state index in [1.54, 1.807) is 18.3 Å². The van der Waals surface area contributed by atoms with Gasteiger partial charge in [0.2, 0.25) is 5.91 Å². The Bertz CT molecular complexity index is 1280. The highest BCUT2D eigenvalue weighted by Crippen LogP contribution is 2.34. The van der Waals surface area contributed by atoms with Gasteiger partial charge in [0.25, 0.3) is 0 Å². The minimum atomic E-state index is 0.0176. The number of anilines is 2. The first-order chi connectivity index (χ1) is 17.1. The lowest BCUT2D eigenvalue weighted by molar-refractivity contribution is -0.121. The third kappa shape index (κ3) is 6.58. The lowest BCUT2D eigenvalue weighted by Gasteiger charge is -2.14. The third-order valence-electron chi connectivity index (χ3n) is 5.08. The summed E-state index contributed by atoms with van der Waals surface area (Å²) < 4.78 is 11.8. The van der Waals surface area contributed by atoms with Crippen molar-refractivity contribution in [1.29, 1.82) is 0 Å². The molecule has 4 rings (SSSR count). The molecule has 0 atom stereocenters. The summed E-state index contributed by atoms with van der Waals surface area (Å²) in [6.07, 6.45) is 4.53. The average Bonchev–Trinajstić information content (AvgIpc) is 2.87. The topological polar surface area (TPSA) is 98.3 Å². The maximum absolute atomic E-state index is 11.7. The number of rotatable bonds is 11. The highest BCUT2D eigenvalue weighted by atomic mass is 35.5. The van der Waals surface area contributed by atoms with Crippen LogP contribution in [0.15, 0.2) is 67.1 Å². The monoisotopic (exact) mass is 491 g/mol. The van der Waals surface area contributed by atoms with Crippen LogP contribution < -0.4 is 20.1 Å². The summed E-state index contributed by atoms with van der Waals surface area (Å²) in [5.74, 6) is 1.78. The quantitative estimate of drug-likeness (QED) is 0.275. The van der Waals surface area contributed by atoms with E-state index in [0.29, 0.717) is 48.5 Å². The van der Waals surface area contributed by atoms with Gasteiger partial charge in [-0.25, -0.2) is 9.97 Å². The van der Waals surface area contributed by atoms with Gasteiger partial charge in [-0.1, -0.05) is 30.7 Å². The Kier molecular flexibility index (Phi) is 8.30. The Hall–Kier alpha value is -3.91. The molecular formula is C26H26ClN5O3. The number of fused-ring (bicyclic) bond motifs is 1. The van der Waals surface area contributed by atoms with Gasteiger partial charge in [0, 0.05) is 18.3 Å². The van der Waals surface area contributed by atoms with Gasteiger partial charge in [0.05, 0.1) is 28.2 Å². The number of aromatic nitrogens is 3. The molecule has 2 N–H and O–H groups in total. The molecule has 1 amide bonds. The summed E-state index contributed by atoms with van der Waals surface area (Å²) in [4.78, 5) is 24.7. The second-order valence-electron chi connectivity index (χ2n) is 7.70. The summed E-state index contributed by atoms with van der Waals surface area (Å²) in [6.45, 7) is 3.04. The second kappa shape index (κ2) is 12.0. The number of benzene rings is 2. The molecule has 0 saturated carbocycles. The van der Waals surface area contributed by atoms with Crippen molar-refractivity contribution in [3.63, 3.8) is 0 Å². The van der Waals surface area contributed by atoms with Gasteiger partial charge in [-0.05, 0) is 48.9 Å². The molecule has 2 aromatic heterocycles. The largest absolute Gasteiger partial charge is 0.491 e. The molecule has 9 heteroatoms. The number of halogens is 1. The molecule has 35 heavy (non-hydrogen) atoms. The molecule has 4 aromatic rings. The SMILES string of the molecule is CCCC(=O)NCCOc1cccc2ncnc(Nc3ccc(OCc4ccccn4)c(Cl)c3)c12. The van der Waals surface area contributed by atoms with Crippen LogP contribution in [0.3, 0.4) is 0 Å². The van der Waals surface area contributed by atoms with Gasteiger partial charge >= 0.3 is 0 Å². The average molecular weight is 492 g/mol. The summed E-state index contributed by atoms with van der Waals surface area (Å²) in [7, 11) is 0. The van der Waals surface area contributed by atoms with E-state index in [4.69, 9.17) is 21.1 Å². The molecule has 0 fully saturated rings. The standard InChI is InChI=1S/C26H26ClN5O3/c1-2-6-24(33)29-13-14-34-23-9-5-8-21-25(23)26(31-17-30-21)32-18-10-11-22(20(27)15-18)35-16-19-7-3-4-12-28-19/h3-5,7-12,15,17H,2,6,13-14,16H2,1H3,(H,29,33)(H,30,31,32). The third-order valence-corrected chi connectivity index (χ3v) is 5.38. The van der Waals surface area contributed by atoms with Crippen LogP contribution in [0, 0.1) is 0 Å². The summed E-state index contributed by atoms with van der Waals surface area (Å²) in [6, 6.07) is 16.7. The molecule has 8 nitrogen and oxygen atoms in total. The zero-order valence-electron chi connectivity index (χ0n) is 19.3. The molecule has 0 radical (unpaired) electrons. The lowest BCUT2D eigenvalue weighted by Crippen LogP contribution is -2.27. The minimum Gasteiger partial charge on any atom is -0.491 e. The van der Waals surface area contributed by atoms with E-state index >= 15 is 0 Å². The van der Waals surface area contributed by atoms with E-state index in [2.05, 4.69) is 25.6 Å². The summed E-state index contributed by atoms with van der Waals surface area (Å²) in [5, 5.41) is 7.35. The lowest BCUT2D eigenvalue weighted by atomic mass is 10.2. The van der Waals surface area contributed by atoms with Gasteiger partial charge in [-0.2, -0.15) is 0 Å². The second-order valence-corrected chi connectivity index (χ2v) is 8.11. The number of hydrogen-bond donors (Lipinski definition) is 2. The van der Waals surface area contributed by atoms with Crippen molar-refractivity contribution < 1.29 is 14.3 Å². The molecule has 0 aliphatic heterocycles. The number of nitrogens with zero attached hydrogens (tertiary/aromatic N) is 3. The predicted octanol–water partition coefficient (Wildman–Crippen LogP) is 5.30. The van der Waals surface area contributed by atoms with Crippen LogP contribution in [-0.4, -0.2) is 34.0 Å². The molecule has 2 heterocycles. The smallest absolute Gasteiger partial charge is 0.220 e. The number of ether oxygens (including phenoxy) is 2. The first kappa shape index (κ1) is 24.2. The van der Waals surface area contributed by atoms with E-state index in [-0.39, 0.29) is 5.91 Å². The normalized spacial score (nSPS) is 10.7. The Morgan fingerprint density at radius 1 is 1.00 bits per heavy atom. The van der Waals surface area contributed by atoms with Crippen LogP contribution in [-0.2, 0) is 11.4 Å². The van der Waals surface area contributed by atoms with Crippen molar-refractivity contribution in [1.82, 2.24) is 20.3 Å². The Labute approximate surface area is 208 Å². The van der Waals surface area contributed by atoms with Gasteiger partial charge in [-0.3, -0.25) is 9.78 Å². The fourth-order valence-electron chi connectivity index (χ4n) is 3.43.